The quantitative estimate of drug-likeness (QED) is 0.744. The number of hydrogen-bond acceptors (Lipinski definition) is 4. The summed E-state index contributed by atoms with van der Waals surface area (Å²) in [6.07, 6.45) is 4.04. The number of amides is 1. The summed E-state index contributed by atoms with van der Waals surface area (Å²) in [4.78, 5) is 26.7. The van der Waals surface area contributed by atoms with Gasteiger partial charge in [-0.25, -0.2) is 4.79 Å². The number of allylic oxidation sites excluding steroid dienone is 1. The highest BCUT2D eigenvalue weighted by Crippen LogP contribution is 2.33. The van der Waals surface area contributed by atoms with Gasteiger partial charge in [-0.2, -0.15) is 0 Å². The Morgan fingerprint density at radius 1 is 1.20 bits per heavy atom. The van der Waals surface area contributed by atoms with Gasteiger partial charge in [-0.15, -0.1) is 6.58 Å². The molecule has 2 saturated heterocycles. The van der Waals surface area contributed by atoms with E-state index in [-0.39, 0.29) is 36.5 Å². The molecular formula is C20H25NO4. The SMILES string of the molecule is C=CCCC(=O)C1CC2COCC(C1)N2C(=O)OCc1ccccc1. The average Bonchev–Trinajstić information content (AvgIpc) is 2.64. The highest BCUT2D eigenvalue weighted by molar-refractivity contribution is 5.81. The van der Waals surface area contributed by atoms with Gasteiger partial charge in [0.15, 0.2) is 0 Å². The molecule has 0 spiro atoms. The van der Waals surface area contributed by atoms with Crippen molar-refractivity contribution in [1.29, 1.82) is 0 Å². The molecule has 1 aromatic carbocycles. The molecule has 5 heteroatoms. The van der Waals surface area contributed by atoms with E-state index >= 15 is 0 Å². The summed E-state index contributed by atoms with van der Waals surface area (Å²) < 4.78 is 11.1. The van der Waals surface area contributed by atoms with Crippen molar-refractivity contribution in [2.24, 2.45) is 5.92 Å². The number of hydrogen-bond donors (Lipinski definition) is 0. The lowest BCUT2D eigenvalue weighted by molar-refractivity contribution is -0.131. The number of morpholine rings is 1. The fraction of sp³-hybridized carbons (Fsp3) is 0.500. The first-order chi connectivity index (χ1) is 12.2. The van der Waals surface area contributed by atoms with Gasteiger partial charge < -0.3 is 9.47 Å². The first-order valence-corrected chi connectivity index (χ1v) is 8.89. The van der Waals surface area contributed by atoms with E-state index in [2.05, 4.69) is 6.58 Å². The van der Waals surface area contributed by atoms with Gasteiger partial charge in [-0.05, 0) is 24.8 Å². The molecule has 2 heterocycles. The molecular weight excluding hydrogens is 318 g/mol. The van der Waals surface area contributed by atoms with Crippen molar-refractivity contribution in [3.63, 3.8) is 0 Å². The molecule has 2 fully saturated rings. The zero-order chi connectivity index (χ0) is 17.6. The van der Waals surface area contributed by atoms with E-state index in [0.29, 0.717) is 38.9 Å². The van der Waals surface area contributed by atoms with Crippen LogP contribution in [0.5, 0.6) is 0 Å². The third kappa shape index (κ3) is 4.28. The summed E-state index contributed by atoms with van der Waals surface area (Å²) in [6.45, 7) is 4.88. The van der Waals surface area contributed by atoms with Crippen LogP contribution >= 0.6 is 0 Å². The molecule has 0 aromatic heterocycles. The zero-order valence-corrected chi connectivity index (χ0v) is 14.4. The maximum atomic E-state index is 12.6. The molecule has 2 aliphatic rings. The second-order valence-electron chi connectivity index (χ2n) is 6.75. The number of piperidine rings is 1. The number of fused-ring (bicyclic) bond motifs is 2. The van der Waals surface area contributed by atoms with Crippen molar-refractivity contribution >= 4 is 11.9 Å². The van der Waals surface area contributed by atoms with Gasteiger partial charge in [0.05, 0.1) is 25.3 Å². The van der Waals surface area contributed by atoms with Gasteiger partial charge >= 0.3 is 6.09 Å². The van der Waals surface area contributed by atoms with E-state index in [9.17, 15) is 9.59 Å². The number of ether oxygens (including phenoxy) is 2. The Balaban J connectivity index is 1.60. The highest BCUT2D eigenvalue weighted by atomic mass is 16.6. The zero-order valence-electron chi connectivity index (χ0n) is 14.4. The van der Waals surface area contributed by atoms with E-state index in [1.807, 2.05) is 30.3 Å². The number of nitrogens with zero attached hydrogens (tertiary/aromatic N) is 1. The summed E-state index contributed by atoms with van der Waals surface area (Å²) in [5.74, 6) is 0.283. The minimum absolute atomic E-state index is 0.0111. The molecule has 1 amide bonds. The monoisotopic (exact) mass is 343 g/mol. The average molecular weight is 343 g/mol. The minimum atomic E-state index is -0.306. The number of carbonyl (C=O) groups is 2. The predicted octanol–water partition coefficient (Wildman–Crippen LogP) is 3.34. The molecule has 0 radical (unpaired) electrons. The predicted molar refractivity (Wildman–Crippen MR) is 94.0 cm³/mol. The molecule has 2 atom stereocenters. The first-order valence-electron chi connectivity index (χ1n) is 8.89. The van der Waals surface area contributed by atoms with Gasteiger partial charge in [-0.1, -0.05) is 36.4 Å². The molecule has 0 aliphatic carbocycles. The molecule has 0 saturated carbocycles. The molecule has 2 unspecified atom stereocenters. The van der Waals surface area contributed by atoms with E-state index in [1.165, 1.54) is 0 Å². The topological polar surface area (TPSA) is 55.8 Å². The van der Waals surface area contributed by atoms with Crippen molar-refractivity contribution in [2.45, 2.75) is 44.4 Å². The molecule has 2 bridgehead atoms. The van der Waals surface area contributed by atoms with Gasteiger partial charge in [0.2, 0.25) is 0 Å². The maximum Gasteiger partial charge on any atom is 0.410 e. The summed E-state index contributed by atoms with van der Waals surface area (Å²) in [5, 5.41) is 0. The molecule has 3 rings (SSSR count). The normalized spacial score (nSPS) is 25.3. The van der Waals surface area contributed by atoms with Gasteiger partial charge in [-0.3, -0.25) is 9.69 Å². The minimum Gasteiger partial charge on any atom is -0.445 e. The lowest BCUT2D eigenvalue weighted by atomic mass is 9.81. The van der Waals surface area contributed by atoms with Crippen molar-refractivity contribution in [3.8, 4) is 0 Å². The fourth-order valence-corrected chi connectivity index (χ4v) is 3.72. The van der Waals surface area contributed by atoms with Gasteiger partial charge in [0.25, 0.3) is 0 Å². The number of ketones is 1. The Morgan fingerprint density at radius 3 is 2.52 bits per heavy atom. The molecule has 2 aliphatic heterocycles. The Kier molecular flexibility index (Phi) is 5.87. The Labute approximate surface area is 148 Å². The van der Waals surface area contributed by atoms with Crippen molar-refractivity contribution in [1.82, 2.24) is 4.90 Å². The van der Waals surface area contributed by atoms with E-state index in [4.69, 9.17) is 9.47 Å². The van der Waals surface area contributed by atoms with E-state index < -0.39 is 0 Å². The number of carbonyl (C=O) groups excluding carboxylic acids is 2. The van der Waals surface area contributed by atoms with Crippen LogP contribution in [-0.2, 0) is 20.9 Å². The maximum absolute atomic E-state index is 12.6. The van der Waals surface area contributed by atoms with Gasteiger partial charge in [0.1, 0.15) is 12.4 Å². The fourth-order valence-electron chi connectivity index (χ4n) is 3.72. The third-order valence-electron chi connectivity index (χ3n) is 4.99. The van der Waals surface area contributed by atoms with E-state index in [0.717, 1.165) is 5.56 Å². The largest absolute Gasteiger partial charge is 0.445 e. The summed E-state index contributed by atoms with van der Waals surface area (Å²) in [7, 11) is 0. The van der Waals surface area contributed by atoms with Crippen LogP contribution < -0.4 is 0 Å². The van der Waals surface area contributed by atoms with Crippen molar-refractivity contribution in [2.75, 3.05) is 13.2 Å². The van der Waals surface area contributed by atoms with Crippen LogP contribution in [0.15, 0.2) is 43.0 Å². The van der Waals surface area contributed by atoms with Crippen LogP contribution in [0.3, 0.4) is 0 Å². The second-order valence-corrected chi connectivity index (χ2v) is 6.75. The molecule has 25 heavy (non-hydrogen) atoms. The number of benzene rings is 1. The van der Waals surface area contributed by atoms with Crippen LogP contribution in [0.4, 0.5) is 4.79 Å². The summed E-state index contributed by atoms with van der Waals surface area (Å²) in [5.41, 5.74) is 0.965. The van der Waals surface area contributed by atoms with E-state index in [1.54, 1.807) is 11.0 Å². The lowest BCUT2D eigenvalue weighted by Crippen LogP contribution is -2.59. The molecule has 0 N–H and O–H groups in total. The van der Waals surface area contributed by atoms with Crippen LogP contribution in [0.2, 0.25) is 0 Å². The standard InChI is InChI=1S/C20H25NO4/c1-2-3-9-19(22)16-10-17-13-24-14-18(11-16)21(17)20(23)25-12-15-7-5-4-6-8-15/h2,4-8,16-18H,1,3,9-14H2. The third-order valence-corrected chi connectivity index (χ3v) is 4.99. The summed E-state index contributed by atoms with van der Waals surface area (Å²) >= 11 is 0. The number of Topliss-reactive ketones (excluding diaryl/α,β-unsaturated/α-hetero) is 1. The molecule has 5 nitrogen and oxygen atoms in total. The Hall–Kier alpha value is -2.14. The van der Waals surface area contributed by atoms with Crippen LogP contribution in [-0.4, -0.2) is 42.1 Å². The van der Waals surface area contributed by atoms with Crippen LogP contribution in [0.25, 0.3) is 0 Å². The van der Waals surface area contributed by atoms with Gasteiger partial charge in [0, 0.05) is 12.3 Å². The van der Waals surface area contributed by atoms with Crippen molar-refractivity contribution in [3.05, 3.63) is 48.6 Å². The Morgan fingerprint density at radius 2 is 1.88 bits per heavy atom. The van der Waals surface area contributed by atoms with Crippen LogP contribution in [0.1, 0.15) is 31.2 Å². The molecule has 134 valence electrons. The Bertz CT molecular complexity index is 601. The highest BCUT2D eigenvalue weighted by Gasteiger charge is 2.44. The number of rotatable bonds is 6. The van der Waals surface area contributed by atoms with Crippen LogP contribution in [0, 0.1) is 5.92 Å². The first kappa shape index (κ1) is 17.7. The molecule has 1 aromatic rings. The van der Waals surface area contributed by atoms with Crippen molar-refractivity contribution < 1.29 is 19.1 Å². The second kappa shape index (κ2) is 8.30. The smallest absolute Gasteiger partial charge is 0.410 e. The lowest BCUT2D eigenvalue weighted by Gasteiger charge is -2.47. The summed E-state index contributed by atoms with van der Waals surface area (Å²) in [6, 6.07) is 9.49.